The molecule has 8 heteroatoms. The van der Waals surface area contributed by atoms with Crippen molar-refractivity contribution < 1.29 is 12.8 Å². The second-order valence-electron chi connectivity index (χ2n) is 4.34. The van der Waals surface area contributed by atoms with E-state index < -0.39 is 21.9 Å². The van der Waals surface area contributed by atoms with Gasteiger partial charge >= 0.3 is 0 Å². The zero-order chi connectivity index (χ0) is 15.6. The molecule has 1 aromatic heterocycles. The summed E-state index contributed by atoms with van der Waals surface area (Å²) in [7, 11) is -3.93. The monoisotopic (exact) mass is 344 g/mol. The molecular formula is C13H13FN2O2S3. The number of nitrogens with one attached hydrogen (secondary N) is 1. The van der Waals surface area contributed by atoms with Crippen molar-refractivity contribution in [3.63, 3.8) is 0 Å². The fourth-order valence-electron chi connectivity index (χ4n) is 1.86. The Morgan fingerprint density at radius 3 is 2.67 bits per heavy atom. The number of halogens is 1. The highest BCUT2D eigenvalue weighted by molar-refractivity contribution is 7.89. The number of sulfonamides is 1. The predicted octanol–water partition coefficient (Wildman–Crippen LogP) is 2.56. The highest BCUT2D eigenvalue weighted by atomic mass is 32.2. The van der Waals surface area contributed by atoms with Crippen LogP contribution in [-0.2, 0) is 10.0 Å². The molecule has 0 fully saturated rings. The number of nitrogens with two attached hydrogens (primary N) is 1. The zero-order valence-electron chi connectivity index (χ0n) is 11.0. The molecule has 0 aliphatic carbocycles. The maximum Gasteiger partial charge on any atom is 0.241 e. The van der Waals surface area contributed by atoms with E-state index in [9.17, 15) is 12.8 Å². The second kappa shape index (κ2) is 6.18. The average Bonchev–Trinajstić information content (AvgIpc) is 2.91. The molecule has 1 aromatic carbocycles. The van der Waals surface area contributed by atoms with Gasteiger partial charge in [-0.05, 0) is 30.5 Å². The van der Waals surface area contributed by atoms with Gasteiger partial charge in [0, 0.05) is 4.88 Å². The summed E-state index contributed by atoms with van der Waals surface area (Å²) in [6.07, 6.45) is 0. The molecule has 1 atom stereocenters. The molecule has 0 saturated carbocycles. The van der Waals surface area contributed by atoms with Gasteiger partial charge in [-0.25, -0.2) is 17.5 Å². The summed E-state index contributed by atoms with van der Waals surface area (Å²) in [5, 5.41) is 1.85. The SMILES string of the molecule is CC(NS(=O)(=O)c1cccc(F)c1C(N)=S)c1cccs1. The van der Waals surface area contributed by atoms with Crippen LogP contribution in [0, 0.1) is 5.82 Å². The minimum Gasteiger partial charge on any atom is -0.389 e. The maximum absolute atomic E-state index is 13.8. The van der Waals surface area contributed by atoms with Gasteiger partial charge < -0.3 is 5.73 Å². The van der Waals surface area contributed by atoms with E-state index in [0.29, 0.717) is 0 Å². The third kappa shape index (κ3) is 3.46. The van der Waals surface area contributed by atoms with Crippen LogP contribution in [0.1, 0.15) is 23.4 Å². The fourth-order valence-corrected chi connectivity index (χ4v) is 4.39. The summed E-state index contributed by atoms with van der Waals surface area (Å²) < 4.78 is 41.1. The Hall–Kier alpha value is -1.35. The first kappa shape index (κ1) is 16.0. The second-order valence-corrected chi connectivity index (χ2v) is 7.44. The van der Waals surface area contributed by atoms with Crippen LogP contribution in [0.4, 0.5) is 4.39 Å². The van der Waals surface area contributed by atoms with Crippen LogP contribution in [0.15, 0.2) is 40.6 Å². The van der Waals surface area contributed by atoms with E-state index in [2.05, 4.69) is 4.72 Å². The third-order valence-corrected chi connectivity index (χ3v) is 5.66. The Labute approximate surface area is 131 Å². The van der Waals surface area contributed by atoms with Crippen molar-refractivity contribution in [2.45, 2.75) is 17.9 Å². The lowest BCUT2D eigenvalue weighted by molar-refractivity contribution is 0.565. The molecule has 0 bridgehead atoms. The molecule has 1 unspecified atom stereocenters. The molecule has 0 aliphatic heterocycles. The van der Waals surface area contributed by atoms with Crippen LogP contribution in [0.2, 0.25) is 0 Å². The molecule has 0 radical (unpaired) electrons. The first-order chi connectivity index (χ1) is 9.83. The van der Waals surface area contributed by atoms with Crippen LogP contribution < -0.4 is 10.5 Å². The van der Waals surface area contributed by atoms with E-state index in [1.54, 1.807) is 6.92 Å². The van der Waals surface area contributed by atoms with Crippen molar-refractivity contribution in [3.8, 4) is 0 Å². The van der Waals surface area contributed by atoms with Crippen molar-refractivity contribution in [1.82, 2.24) is 4.72 Å². The van der Waals surface area contributed by atoms with Crippen molar-refractivity contribution in [1.29, 1.82) is 0 Å². The highest BCUT2D eigenvalue weighted by Crippen LogP contribution is 2.23. The number of hydrogen-bond acceptors (Lipinski definition) is 4. The van der Waals surface area contributed by atoms with Gasteiger partial charge in [0.15, 0.2) is 0 Å². The first-order valence-electron chi connectivity index (χ1n) is 5.97. The minimum atomic E-state index is -3.93. The Kier molecular flexibility index (Phi) is 4.72. The van der Waals surface area contributed by atoms with E-state index >= 15 is 0 Å². The van der Waals surface area contributed by atoms with E-state index in [0.717, 1.165) is 10.9 Å². The van der Waals surface area contributed by atoms with Crippen molar-refractivity contribution in [2.75, 3.05) is 0 Å². The molecule has 1 heterocycles. The summed E-state index contributed by atoms with van der Waals surface area (Å²) in [5.74, 6) is -0.755. The molecule has 0 saturated heterocycles. The molecule has 2 aromatic rings. The molecule has 21 heavy (non-hydrogen) atoms. The van der Waals surface area contributed by atoms with Crippen molar-refractivity contribution in [3.05, 3.63) is 52.0 Å². The lowest BCUT2D eigenvalue weighted by atomic mass is 10.2. The fraction of sp³-hybridized carbons (Fsp3) is 0.154. The van der Waals surface area contributed by atoms with Gasteiger partial charge in [0.25, 0.3) is 0 Å². The lowest BCUT2D eigenvalue weighted by Crippen LogP contribution is -2.29. The molecule has 3 N–H and O–H groups in total. The largest absolute Gasteiger partial charge is 0.389 e. The predicted molar refractivity (Wildman–Crippen MR) is 85.3 cm³/mol. The first-order valence-corrected chi connectivity index (χ1v) is 8.74. The van der Waals surface area contributed by atoms with Crippen LogP contribution in [-0.4, -0.2) is 13.4 Å². The van der Waals surface area contributed by atoms with Gasteiger partial charge in [0.1, 0.15) is 10.8 Å². The summed E-state index contributed by atoms with van der Waals surface area (Å²) in [6, 6.07) is 6.92. The summed E-state index contributed by atoms with van der Waals surface area (Å²) in [6.45, 7) is 1.71. The van der Waals surface area contributed by atoms with E-state index in [-0.39, 0.29) is 15.4 Å². The summed E-state index contributed by atoms with van der Waals surface area (Å²) in [5.41, 5.74) is 5.17. The maximum atomic E-state index is 13.8. The van der Waals surface area contributed by atoms with Crippen LogP contribution in [0.3, 0.4) is 0 Å². The van der Waals surface area contributed by atoms with E-state index in [1.165, 1.54) is 23.5 Å². The Morgan fingerprint density at radius 1 is 1.38 bits per heavy atom. The Morgan fingerprint density at radius 2 is 2.10 bits per heavy atom. The number of hydrogen-bond donors (Lipinski definition) is 2. The molecule has 2 rings (SSSR count). The van der Waals surface area contributed by atoms with Crippen LogP contribution in [0.5, 0.6) is 0 Å². The third-order valence-electron chi connectivity index (χ3n) is 2.81. The van der Waals surface area contributed by atoms with Gasteiger partial charge in [-0.3, -0.25) is 0 Å². The van der Waals surface area contributed by atoms with Crippen molar-refractivity contribution in [2.24, 2.45) is 5.73 Å². The van der Waals surface area contributed by atoms with Gasteiger partial charge in [-0.2, -0.15) is 0 Å². The van der Waals surface area contributed by atoms with Crippen LogP contribution >= 0.6 is 23.6 Å². The summed E-state index contributed by atoms with van der Waals surface area (Å²) in [4.78, 5) is 0.308. The Bertz CT molecular complexity index is 758. The molecular weight excluding hydrogens is 331 g/mol. The van der Waals surface area contributed by atoms with Crippen LogP contribution in [0.25, 0.3) is 0 Å². The average molecular weight is 344 g/mol. The Balaban J connectivity index is 2.41. The topological polar surface area (TPSA) is 72.2 Å². The molecule has 4 nitrogen and oxygen atoms in total. The van der Waals surface area contributed by atoms with Gasteiger partial charge in [0.05, 0.1) is 16.5 Å². The number of thiocarbonyl (C=S) groups is 1. The smallest absolute Gasteiger partial charge is 0.241 e. The number of benzene rings is 1. The van der Waals surface area contributed by atoms with E-state index in [1.807, 2.05) is 17.5 Å². The lowest BCUT2D eigenvalue weighted by Gasteiger charge is -2.15. The minimum absolute atomic E-state index is 0.251. The molecule has 0 aliphatic rings. The molecule has 0 spiro atoms. The summed E-state index contributed by atoms with van der Waals surface area (Å²) >= 11 is 6.18. The zero-order valence-corrected chi connectivity index (χ0v) is 13.5. The normalized spacial score (nSPS) is 13.0. The van der Waals surface area contributed by atoms with Gasteiger partial charge in [-0.15, -0.1) is 11.3 Å². The molecule has 112 valence electrons. The number of rotatable bonds is 5. The highest BCUT2D eigenvalue weighted by Gasteiger charge is 2.25. The number of thiophene rings is 1. The van der Waals surface area contributed by atoms with Gasteiger partial charge in [0.2, 0.25) is 10.0 Å². The van der Waals surface area contributed by atoms with E-state index in [4.69, 9.17) is 18.0 Å². The quantitative estimate of drug-likeness (QED) is 0.818. The standard InChI is InChI=1S/C13H13FN2O2S3/c1-8(10-5-3-7-20-10)16-21(17,18)11-6-2-4-9(14)12(11)13(15)19/h2-8,16H,1H3,(H2,15,19). The molecule has 0 amide bonds. The van der Waals surface area contributed by atoms with Crippen molar-refractivity contribution >= 4 is 38.6 Å². The van der Waals surface area contributed by atoms with Gasteiger partial charge in [-0.1, -0.05) is 24.4 Å².